The summed E-state index contributed by atoms with van der Waals surface area (Å²) in [5, 5.41) is 0.922. The first-order valence-corrected chi connectivity index (χ1v) is 5.45. The van der Waals surface area contributed by atoms with Gasteiger partial charge in [0.05, 0.1) is 18.6 Å². The number of thiazole rings is 1. The zero-order chi connectivity index (χ0) is 11.4. The highest BCUT2D eigenvalue weighted by Crippen LogP contribution is 2.35. The SMILES string of the molecule is COc1nc(N(C)C)sc1C(C)CON. The Morgan fingerprint density at radius 1 is 1.53 bits per heavy atom. The summed E-state index contributed by atoms with van der Waals surface area (Å²) >= 11 is 1.59. The smallest absolute Gasteiger partial charge is 0.229 e. The molecule has 1 rings (SSSR count). The van der Waals surface area contributed by atoms with Gasteiger partial charge in [0, 0.05) is 20.0 Å². The average molecular weight is 231 g/mol. The van der Waals surface area contributed by atoms with Crippen LogP contribution >= 0.6 is 11.3 Å². The predicted molar refractivity (Wildman–Crippen MR) is 61.5 cm³/mol. The first kappa shape index (κ1) is 12.2. The standard InChI is InChI=1S/C9H17N3O2S/c1-6(5-14-10)7-8(13-4)11-9(15-7)12(2)3/h6H,5,10H2,1-4H3. The largest absolute Gasteiger partial charge is 0.480 e. The zero-order valence-corrected chi connectivity index (χ0v) is 10.3. The number of nitrogens with two attached hydrogens (primary N) is 1. The second-order valence-electron chi connectivity index (χ2n) is 3.50. The Morgan fingerprint density at radius 3 is 2.67 bits per heavy atom. The summed E-state index contributed by atoms with van der Waals surface area (Å²) in [5.41, 5.74) is 0. The van der Waals surface area contributed by atoms with Gasteiger partial charge in [0.15, 0.2) is 5.13 Å². The molecule has 1 unspecified atom stereocenters. The number of rotatable bonds is 5. The predicted octanol–water partition coefficient (Wildman–Crippen LogP) is 1.21. The third kappa shape index (κ3) is 2.80. The van der Waals surface area contributed by atoms with Crippen molar-refractivity contribution in [2.24, 2.45) is 5.90 Å². The first-order valence-electron chi connectivity index (χ1n) is 4.63. The summed E-state index contributed by atoms with van der Waals surface area (Å²) in [6.07, 6.45) is 0. The van der Waals surface area contributed by atoms with E-state index in [0.29, 0.717) is 12.5 Å². The van der Waals surface area contributed by atoms with Gasteiger partial charge in [-0.15, -0.1) is 0 Å². The van der Waals surface area contributed by atoms with Crippen LogP contribution in [0.5, 0.6) is 5.88 Å². The molecule has 0 aliphatic rings. The molecular weight excluding hydrogens is 214 g/mol. The highest BCUT2D eigenvalue weighted by atomic mass is 32.1. The fraction of sp³-hybridized carbons (Fsp3) is 0.667. The van der Waals surface area contributed by atoms with Gasteiger partial charge in [0.25, 0.3) is 0 Å². The van der Waals surface area contributed by atoms with Crippen LogP contribution < -0.4 is 15.5 Å². The Balaban J connectivity index is 2.94. The molecule has 1 heterocycles. The van der Waals surface area contributed by atoms with E-state index in [1.807, 2.05) is 25.9 Å². The number of anilines is 1. The van der Waals surface area contributed by atoms with Crippen LogP contribution in [0, 0.1) is 0 Å². The van der Waals surface area contributed by atoms with Gasteiger partial charge in [0.2, 0.25) is 5.88 Å². The monoisotopic (exact) mass is 231 g/mol. The molecule has 0 radical (unpaired) electrons. The van der Waals surface area contributed by atoms with Gasteiger partial charge in [-0.2, -0.15) is 4.98 Å². The van der Waals surface area contributed by atoms with Crippen molar-refractivity contribution in [3.8, 4) is 5.88 Å². The Kier molecular flexibility index (Phi) is 4.31. The highest BCUT2D eigenvalue weighted by Gasteiger charge is 2.18. The van der Waals surface area contributed by atoms with E-state index in [2.05, 4.69) is 9.82 Å². The first-order chi connectivity index (χ1) is 7.10. The molecule has 0 saturated heterocycles. The summed E-state index contributed by atoms with van der Waals surface area (Å²) in [6.45, 7) is 2.49. The molecule has 1 aromatic rings. The maximum atomic E-state index is 5.22. The molecule has 1 atom stereocenters. The fourth-order valence-corrected chi connectivity index (χ4v) is 2.17. The quantitative estimate of drug-likeness (QED) is 0.772. The van der Waals surface area contributed by atoms with Gasteiger partial charge in [-0.25, -0.2) is 5.90 Å². The number of aromatic nitrogens is 1. The van der Waals surface area contributed by atoms with Crippen molar-refractivity contribution < 1.29 is 9.57 Å². The molecule has 5 nitrogen and oxygen atoms in total. The molecule has 0 fully saturated rings. The van der Waals surface area contributed by atoms with Crippen molar-refractivity contribution in [2.75, 3.05) is 32.7 Å². The van der Waals surface area contributed by atoms with Crippen LogP contribution in [-0.2, 0) is 4.84 Å². The van der Waals surface area contributed by atoms with Crippen molar-refractivity contribution in [2.45, 2.75) is 12.8 Å². The second-order valence-corrected chi connectivity index (χ2v) is 4.51. The molecule has 6 heteroatoms. The second kappa shape index (κ2) is 5.29. The van der Waals surface area contributed by atoms with E-state index in [1.165, 1.54) is 0 Å². The fourth-order valence-electron chi connectivity index (χ4n) is 1.18. The summed E-state index contributed by atoms with van der Waals surface area (Å²) in [7, 11) is 5.52. The normalized spacial score (nSPS) is 12.6. The lowest BCUT2D eigenvalue weighted by Gasteiger charge is -2.08. The summed E-state index contributed by atoms with van der Waals surface area (Å²) in [4.78, 5) is 12.0. The van der Waals surface area contributed by atoms with Gasteiger partial charge >= 0.3 is 0 Å². The summed E-state index contributed by atoms with van der Waals surface area (Å²) in [6, 6.07) is 0. The van der Waals surface area contributed by atoms with Gasteiger partial charge < -0.3 is 14.5 Å². The molecule has 0 spiro atoms. The number of nitrogens with zero attached hydrogens (tertiary/aromatic N) is 2. The maximum Gasteiger partial charge on any atom is 0.229 e. The van der Waals surface area contributed by atoms with E-state index in [-0.39, 0.29) is 5.92 Å². The average Bonchev–Trinajstić information content (AvgIpc) is 2.61. The highest BCUT2D eigenvalue weighted by molar-refractivity contribution is 7.16. The molecule has 0 bridgehead atoms. The van der Waals surface area contributed by atoms with Crippen LogP contribution in [0.15, 0.2) is 0 Å². The molecule has 0 aliphatic heterocycles. The maximum absolute atomic E-state index is 5.22. The molecule has 0 saturated carbocycles. The Hall–Kier alpha value is -0.850. The van der Waals surface area contributed by atoms with Crippen molar-refractivity contribution in [1.82, 2.24) is 4.98 Å². The molecule has 86 valence electrons. The number of ether oxygens (including phenoxy) is 1. The van der Waals surface area contributed by atoms with E-state index < -0.39 is 0 Å². The topological polar surface area (TPSA) is 60.6 Å². The lowest BCUT2D eigenvalue weighted by Crippen LogP contribution is -2.08. The van der Waals surface area contributed by atoms with Crippen molar-refractivity contribution in [3.63, 3.8) is 0 Å². The van der Waals surface area contributed by atoms with Crippen LogP contribution in [0.25, 0.3) is 0 Å². The minimum Gasteiger partial charge on any atom is -0.480 e. The number of hydrogen-bond donors (Lipinski definition) is 1. The van der Waals surface area contributed by atoms with E-state index in [4.69, 9.17) is 10.6 Å². The molecule has 1 aromatic heterocycles. The van der Waals surface area contributed by atoms with Crippen LogP contribution in [0.1, 0.15) is 17.7 Å². The number of hydrogen-bond acceptors (Lipinski definition) is 6. The molecule has 15 heavy (non-hydrogen) atoms. The van der Waals surface area contributed by atoms with Gasteiger partial charge in [0.1, 0.15) is 0 Å². The van der Waals surface area contributed by atoms with Gasteiger partial charge in [-0.3, -0.25) is 0 Å². The molecule has 0 aromatic carbocycles. The van der Waals surface area contributed by atoms with Crippen molar-refractivity contribution in [3.05, 3.63) is 4.88 Å². The van der Waals surface area contributed by atoms with E-state index in [0.717, 1.165) is 10.0 Å². The van der Waals surface area contributed by atoms with Gasteiger partial charge in [-0.05, 0) is 0 Å². The minimum absolute atomic E-state index is 0.191. The molecule has 0 aliphatic carbocycles. The third-order valence-electron chi connectivity index (χ3n) is 1.98. The van der Waals surface area contributed by atoms with E-state index >= 15 is 0 Å². The molecule has 0 amide bonds. The van der Waals surface area contributed by atoms with Crippen molar-refractivity contribution >= 4 is 16.5 Å². The molecular formula is C9H17N3O2S. The van der Waals surface area contributed by atoms with E-state index in [1.54, 1.807) is 18.4 Å². The van der Waals surface area contributed by atoms with Crippen LogP contribution in [0.3, 0.4) is 0 Å². The third-order valence-corrected chi connectivity index (χ3v) is 3.41. The molecule has 2 N–H and O–H groups in total. The lowest BCUT2D eigenvalue weighted by atomic mass is 10.2. The zero-order valence-electron chi connectivity index (χ0n) is 9.48. The number of methoxy groups -OCH3 is 1. The summed E-state index contributed by atoms with van der Waals surface area (Å²) in [5.74, 6) is 5.91. The van der Waals surface area contributed by atoms with Crippen molar-refractivity contribution in [1.29, 1.82) is 0 Å². The lowest BCUT2D eigenvalue weighted by molar-refractivity contribution is 0.126. The van der Waals surface area contributed by atoms with Crippen LogP contribution in [0.4, 0.5) is 5.13 Å². The van der Waals surface area contributed by atoms with Gasteiger partial charge in [-0.1, -0.05) is 18.3 Å². The Labute approximate surface area is 93.8 Å². The Morgan fingerprint density at radius 2 is 2.20 bits per heavy atom. The summed E-state index contributed by atoms with van der Waals surface area (Å²) < 4.78 is 5.22. The van der Waals surface area contributed by atoms with Crippen LogP contribution in [0.2, 0.25) is 0 Å². The van der Waals surface area contributed by atoms with Crippen LogP contribution in [-0.4, -0.2) is 32.8 Å². The minimum atomic E-state index is 0.191. The Bertz CT molecular complexity index is 314. The van der Waals surface area contributed by atoms with E-state index in [9.17, 15) is 0 Å².